The summed E-state index contributed by atoms with van der Waals surface area (Å²) in [5.41, 5.74) is 1.85. The van der Waals surface area contributed by atoms with Crippen molar-refractivity contribution in [2.45, 2.75) is 4.90 Å². The van der Waals surface area contributed by atoms with Gasteiger partial charge in [-0.15, -0.1) is 0 Å². The molecule has 1 aliphatic heterocycles. The molecule has 1 aliphatic rings. The molecule has 1 fully saturated rings. The highest BCUT2D eigenvalue weighted by atomic mass is 32.2. The molecular formula is C25H24N4O5S. The first kappa shape index (κ1) is 24.1. The largest absolute Gasteiger partial charge is 0.497 e. The Labute approximate surface area is 203 Å². The smallest absolute Gasteiger partial charge is 0.264 e. The van der Waals surface area contributed by atoms with E-state index in [2.05, 4.69) is 10.0 Å². The number of sulfonamides is 1. The molecule has 1 saturated heterocycles. The molecule has 4 rings (SSSR count). The van der Waals surface area contributed by atoms with Crippen LogP contribution in [0, 0.1) is 11.3 Å². The van der Waals surface area contributed by atoms with E-state index in [0.717, 1.165) is 0 Å². The molecule has 35 heavy (non-hydrogen) atoms. The van der Waals surface area contributed by atoms with Crippen LogP contribution in [0.1, 0.15) is 15.9 Å². The van der Waals surface area contributed by atoms with E-state index in [1.54, 1.807) is 54.6 Å². The molecule has 3 aromatic rings. The number of nitrogens with one attached hydrogen (secondary N) is 2. The Morgan fingerprint density at radius 1 is 1.03 bits per heavy atom. The van der Waals surface area contributed by atoms with Crippen molar-refractivity contribution in [1.29, 1.82) is 5.26 Å². The summed E-state index contributed by atoms with van der Waals surface area (Å²) in [6, 6.07) is 19.6. The van der Waals surface area contributed by atoms with Crippen molar-refractivity contribution >= 4 is 33.0 Å². The molecule has 180 valence electrons. The van der Waals surface area contributed by atoms with Crippen LogP contribution in [0.2, 0.25) is 0 Å². The fourth-order valence-corrected chi connectivity index (χ4v) is 4.99. The number of carbonyl (C=O) groups excluding carboxylic acids is 1. The number of ether oxygens (including phenoxy) is 2. The Kier molecular flexibility index (Phi) is 7.19. The Balaban J connectivity index is 1.67. The van der Waals surface area contributed by atoms with Crippen LogP contribution in [0.5, 0.6) is 5.75 Å². The van der Waals surface area contributed by atoms with Crippen molar-refractivity contribution in [1.82, 2.24) is 0 Å². The van der Waals surface area contributed by atoms with Crippen molar-refractivity contribution < 1.29 is 22.7 Å². The van der Waals surface area contributed by atoms with Crippen LogP contribution in [0.15, 0.2) is 71.6 Å². The summed E-state index contributed by atoms with van der Waals surface area (Å²) in [5, 5.41) is 11.8. The number of hydrogen-bond acceptors (Lipinski definition) is 7. The SMILES string of the molecule is COc1ccc(NS(=O)(=O)c2cc(NC(=O)c3cccc(C#N)c3)ccc2N2CCOCC2)cc1. The molecule has 0 bridgehead atoms. The van der Waals surface area contributed by atoms with Gasteiger partial charge in [-0.1, -0.05) is 6.07 Å². The van der Waals surface area contributed by atoms with Crippen LogP contribution in [0.3, 0.4) is 0 Å². The highest BCUT2D eigenvalue weighted by Gasteiger charge is 2.25. The van der Waals surface area contributed by atoms with Crippen LogP contribution >= 0.6 is 0 Å². The molecule has 10 heteroatoms. The number of anilines is 3. The van der Waals surface area contributed by atoms with Crippen molar-refractivity contribution in [3.05, 3.63) is 77.9 Å². The lowest BCUT2D eigenvalue weighted by Gasteiger charge is -2.30. The van der Waals surface area contributed by atoms with Gasteiger partial charge >= 0.3 is 0 Å². The number of carbonyl (C=O) groups is 1. The quantitative estimate of drug-likeness (QED) is 0.518. The Bertz CT molecular complexity index is 1360. The van der Waals surface area contributed by atoms with Crippen LogP contribution in [0.4, 0.5) is 17.1 Å². The van der Waals surface area contributed by atoms with Gasteiger partial charge < -0.3 is 19.7 Å². The fourth-order valence-electron chi connectivity index (χ4n) is 3.68. The lowest BCUT2D eigenvalue weighted by molar-refractivity contribution is 0.102. The van der Waals surface area contributed by atoms with E-state index in [1.165, 1.54) is 19.2 Å². The molecule has 0 radical (unpaired) electrons. The molecule has 0 atom stereocenters. The molecule has 0 saturated carbocycles. The molecule has 2 N–H and O–H groups in total. The first-order valence-corrected chi connectivity index (χ1v) is 12.3. The van der Waals surface area contributed by atoms with Crippen LogP contribution in [-0.2, 0) is 14.8 Å². The zero-order chi connectivity index (χ0) is 24.8. The van der Waals surface area contributed by atoms with Gasteiger partial charge in [-0.25, -0.2) is 8.42 Å². The molecule has 0 aromatic heterocycles. The number of methoxy groups -OCH3 is 1. The molecule has 0 aliphatic carbocycles. The lowest BCUT2D eigenvalue weighted by Crippen LogP contribution is -2.37. The third-order valence-electron chi connectivity index (χ3n) is 5.46. The van der Waals surface area contributed by atoms with Gasteiger partial charge in [0.15, 0.2) is 0 Å². The number of benzene rings is 3. The van der Waals surface area contributed by atoms with Gasteiger partial charge in [0.25, 0.3) is 15.9 Å². The number of nitrogens with zero attached hydrogens (tertiary/aromatic N) is 2. The van der Waals surface area contributed by atoms with Crippen LogP contribution < -0.4 is 19.7 Å². The molecule has 0 spiro atoms. The maximum Gasteiger partial charge on any atom is 0.264 e. The van der Waals surface area contributed by atoms with Gasteiger partial charge in [0, 0.05) is 30.0 Å². The number of rotatable bonds is 7. The summed E-state index contributed by atoms with van der Waals surface area (Å²) in [4.78, 5) is 14.7. The second-order valence-electron chi connectivity index (χ2n) is 7.76. The van der Waals surface area contributed by atoms with Gasteiger partial charge in [0.1, 0.15) is 10.6 Å². The normalized spacial score (nSPS) is 13.5. The van der Waals surface area contributed by atoms with E-state index >= 15 is 0 Å². The zero-order valence-corrected chi connectivity index (χ0v) is 19.8. The molecule has 1 amide bonds. The van der Waals surface area contributed by atoms with Gasteiger partial charge in [0.05, 0.1) is 37.6 Å². The first-order chi connectivity index (χ1) is 16.9. The minimum atomic E-state index is -4.01. The molecule has 1 heterocycles. The van der Waals surface area contributed by atoms with Gasteiger partial charge in [-0.05, 0) is 60.7 Å². The average molecular weight is 493 g/mol. The molecule has 9 nitrogen and oxygen atoms in total. The van der Waals surface area contributed by atoms with Crippen molar-refractivity contribution in [2.75, 3.05) is 48.4 Å². The van der Waals surface area contributed by atoms with E-state index < -0.39 is 15.9 Å². The van der Waals surface area contributed by atoms with Gasteiger partial charge in [-0.2, -0.15) is 5.26 Å². The molecule has 3 aromatic carbocycles. The maximum atomic E-state index is 13.5. The van der Waals surface area contributed by atoms with Crippen molar-refractivity contribution in [3.8, 4) is 11.8 Å². The topological polar surface area (TPSA) is 121 Å². The predicted octanol–water partition coefficient (Wildman–Crippen LogP) is 3.46. The summed E-state index contributed by atoms with van der Waals surface area (Å²) in [6.45, 7) is 2.05. The second-order valence-corrected chi connectivity index (χ2v) is 9.41. The standard InChI is InChI=1S/C25H24N4O5S/c1-33-22-8-5-20(6-9-22)28-35(31,32)24-16-21(7-10-23(24)29-11-13-34-14-12-29)27-25(30)19-4-2-3-18(15-19)17-26/h2-10,15-16,28H,11-14H2,1H3,(H,27,30). The fraction of sp³-hybridized carbons (Fsp3) is 0.200. The Morgan fingerprint density at radius 3 is 2.43 bits per heavy atom. The summed E-state index contributed by atoms with van der Waals surface area (Å²) in [5.74, 6) is 0.153. The summed E-state index contributed by atoms with van der Waals surface area (Å²) < 4.78 is 40.1. The van der Waals surface area contributed by atoms with Gasteiger partial charge in [0.2, 0.25) is 0 Å². The molecule has 0 unspecified atom stereocenters. The Morgan fingerprint density at radius 2 is 1.74 bits per heavy atom. The van der Waals surface area contributed by atoms with Crippen LogP contribution in [-0.4, -0.2) is 47.7 Å². The third-order valence-corrected chi connectivity index (χ3v) is 6.87. The van der Waals surface area contributed by atoms with Crippen molar-refractivity contribution in [3.63, 3.8) is 0 Å². The zero-order valence-electron chi connectivity index (χ0n) is 19.0. The number of nitriles is 1. The number of hydrogen-bond donors (Lipinski definition) is 2. The minimum Gasteiger partial charge on any atom is -0.497 e. The highest BCUT2D eigenvalue weighted by Crippen LogP contribution is 2.31. The maximum absolute atomic E-state index is 13.5. The molecular weight excluding hydrogens is 468 g/mol. The summed E-state index contributed by atoms with van der Waals surface area (Å²) >= 11 is 0. The summed E-state index contributed by atoms with van der Waals surface area (Å²) in [7, 11) is -2.48. The summed E-state index contributed by atoms with van der Waals surface area (Å²) in [6.07, 6.45) is 0. The highest BCUT2D eigenvalue weighted by molar-refractivity contribution is 7.92. The second kappa shape index (κ2) is 10.5. The first-order valence-electron chi connectivity index (χ1n) is 10.8. The Hall–Kier alpha value is -4.07. The monoisotopic (exact) mass is 492 g/mol. The average Bonchev–Trinajstić information content (AvgIpc) is 2.89. The predicted molar refractivity (Wildman–Crippen MR) is 132 cm³/mol. The van der Waals surface area contributed by atoms with Crippen LogP contribution in [0.25, 0.3) is 0 Å². The van der Waals surface area contributed by atoms with E-state index in [9.17, 15) is 13.2 Å². The number of amides is 1. The lowest BCUT2D eigenvalue weighted by atomic mass is 10.1. The van der Waals surface area contributed by atoms with Crippen molar-refractivity contribution in [2.24, 2.45) is 0 Å². The number of morpholine rings is 1. The van der Waals surface area contributed by atoms with E-state index in [0.29, 0.717) is 60.2 Å². The van der Waals surface area contributed by atoms with Gasteiger partial charge in [-0.3, -0.25) is 9.52 Å². The third kappa shape index (κ3) is 5.71. The van der Waals surface area contributed by atoms with E-state index in [4.69, 9.17) is 14.7 Å². The minimum absolute atomic E-state index is 0.0267. The van der Waals surface area contributed by atoms with E-state index in [-0.39, 0.29) is 4.90 Å². The van der Waals surface area contributed by atoms with E-state index in [1.807, 2.05) is 11.0 Å².